The molecule has 0 atom stereocenters. The van der Waals surface area contributed by atoms with Crippen LogP contribution in [0, 0.1) is 13.8 Å². The second-order valence-electron chi connectivity index (χ2n) is 2.45. The van der Waals surface area contributed by atoms with Crippen LogP contribution in [0.15, 0.2) is 25.0 Å². The fourth-order valence-corrected chi connectivity index (χ4v) is 0.874. The molecule has 0 amide bonds. The molecule has 0 aliphatic heterocycles. The summed E-state index contributed by atoms with van der Waals surface area (Å²) in [5, 5.41) is 2.97. The van der Waals surface area contributed by atoms with E-state index in [1.165, 1.54) is 11.1 Å². The number of aryl methyl sites for hydroxylation is 1. The molecule has 0 aliphatic carbocycles. The standard InChI is InChI=1S/C9H12N2/c1-4-10-9-8(3)7(2)5-6-11-9/h4-6H,1H2,2-3H3,(H,10,11). The number of hydrogen-bond acceptors (Lipinski definition) is 2. The Bertz CT molecular complexity index is 266. The Morgan fingerprint density at radius 1 is 1.55 bits per heavy atom. The van der Waals surface area contributed by atoms with Crippen molar-refractivity contribution in [2.24, 2.45) is 0 Å². The second kappa shape index (κ2) is 3.19. The fraction of sp³-hybridized carbons (Fsp3) is 0.222. The van der Waals surface area contributed by atoms with Crippen LogP contribution in [0.5, 0.6) is 0 Å². The molecule has 0 unspecified atom stereocenters. The van der Waals surface area contributed by atoms with Gasteiger partial charge in [-0.15, -0.1) is 0 Å². The number of anilines is 1. The molecular formula is C9H12N2. The molecule has 11 heavy (non-hydrogen) atoms. The Hall–Kier alpha value is -1.31. The predicted octanol–water partition coefficient (Wildman–Crippen LogP) is 2.25. The summed E-state index contributed by atoms with van der Waals surface area (Å²) in [4.78, 5) is 4.15. The van der Waals surface area contributed by atoms with Crippen LogP contribution in [0.2, 0.25) is 0 Å². The molecule has 0 fully saturated rings. The molecule has 1 aromatic rings. The van der Waals surface area contributed by atoms with Crippen LogP contribution in [0.25, 0.3) is 0 Å². The number of nitrogens with one attached hydrogen (secondary N) is 1. The quantitative estimate of drug-likeness (QED) is 0.695. The minimum Gasteiger partial charge on any atom is -0.347 e. The maximum atomic E-state index is 4.15. The van der Waals surface area contributed by atoms with Crippen LogP contribution in [0.1, 0.15) is 11.1 Å². The summed E-state index contributed by atoms with van der Waals surface area (Å²) in [5.41, 5.74) is 2.41. The van der Waals surface area contributed by atoms with E-state index in [4.69, 9.17) is 0 Å². The highest BCUT2D eigenvalue weighted by atomic mass is 15.0. The fourth-order valence-electron chi connectivity index (χ4n) is 0.874. The number of aromatic nitrogens is 1. The molecule has 0 saturated carbocycles. The summed E-state index contributed by atoms with van der Waals surface area (Å²) in [7, 11) is 0. The number of nitrogens with zero attached hydrogens (tertiary/aromatic N) is 1. The van der Waals surface area contributed by atoms with Gasteiger partial charge in [-0.2, -0.15) is 0 Å². The third kappa shape index (κ3) is 1.58. The van der Waals surface area contributed by atoms with Crippen molar-refractivity contribution in [2.75, 3.05) is 5.32 Å². The topological polar surface area (TPSA) is 24.9 Å². The molecule has 0 aromatic carbocycles. The second-order valence-corrected chi connectivity index (χ2v) is 2.45. The van der Waals surface area contributed by atoms with Gasteiger partial charge in [0.25, 0.3) is 0 Å². The van der Waals surface area contributed by atoms with Gasteiger partial charge in [-0.25, -0.2) is 4.98 Å². The molecule has 1 N–H and O–H groups in total. The van der Waals surface area contributed by atoms with Gasteiger partial charge in [0.2, 0.25) is 0 Å². The minimum absolute atomic E-state index is 0.889. The van der Waals surface area contributed by atoms with E-state index in [9.17, 15) is 0 Å². The number of pyridine rings is 1. The maximum Gasteiger partial charge on any atom is 0.133 e. The van der Waals surface area contributed by atoms with Gasteiger partial charge in [-0.05, 0) is 37.2 Å². The number of hydrogen-bond donors (Lipinski definition) is 1. The van der Waals surface area contributed by atoms with E-state index in [-0.39, 0.29) is 0 Å². The average Bonchev–Trinajstić information content (AvgIpc) is 1.99. The van der Waals surface area contributed by atoms with E-state index in [0.717, 1.165) is 5.82 Å². The van der Waals surface area contributed by atoms with Crippen molar-refractivity contribution >= 4 is 5.82 Å². The summed E-state index contributed by atoms with van der Waals surface area (Å²) >= 11 is 0. The Morgan fingerprint density at radius 3 is 2.91 bits per heavy atom. The van der Waals surface area contributed by atoms with Crippen molar-refractivity contribution in [3.05, 3.63) is 36.2 Å². The average molecular weight is 148 g/mol. The van der Waals surface area contributed by atoms with Crippen LogP contribution < -0.4 is 5.32 Å². The largest absolute Gasteiger partial charge is 0.347 e. The molecule has 1 heterocycles. The summed E-state index contributed by atoms with van der Waals surface area (Å²) in [6.07, 6.45) is 3.42. The lowest BCUT2D eigenvalue weighted by atomic mass is 10.2. The van der Waals surface area contributed by atoms with E-state index in [1.54, 1.807) is 12.4 Å². The van der Waals surface area contributed by atoms with Crippen molar-refractivity contribution in [1.82, 2.24) is 4.98 Å². The third-order valence-electron chi connectivity index (χ3n) is 1.71. The highest BCUT2D eigenvalue weighted by Crippen LogP contribution is 2.13. The van der Waals surface area contributed by atoms with E-state index in [0.29, 0.717) is 0 Å². The van der Waals surface area contributed by atoms with E-state index >= 15 is 0 Å². The van der Waals surface area contributed by atoms with Gasteiger partial charge in [0.05, 0.1) is 0 Å². The first-order valence-electron chi connectivity index (χ1n) is 3.55. The van der Waals surface area contributed by atoms with Crippen LogP contribution in [-0.4, -0.2) is 4.98 Å². The molecule has 0 saturated heterocycles. The molecule has 1 aromatic heterocycles. The zero-order chi connectivity index (χ0) is 8.27. The smallest absolute Gasteiger partial charge is 0.133 e. The van der Waals surface area contributed by atoms with Crippen LogP contribution in [-0.2, 0) is 0 Å². The lowest BCUT2D eigenvalue weighted by Crippen LogP contribution is -1.95. The zero-order valence-electron chi connectivity index (χ0n) is 6.89. The Labute approximate surface area is 67.0 Å². The summed E-state index contributed by atoms with van der Waals surface area (Å²) in [6.45, 7) is 7.67. The maximum absolute atomic E-state index is 4.15. The van der Waals surface area contributed by atoms with Crippen molar-refractivity contribution in [3.8, 4) is 0 Å². The van der Waals surface area contributed by atoms with Crippen LogP contribution in [0.4, 0.5) is 5.82 Å². The Kier molecular flexibility index (Phi) is 2.26. The normalized spacial score (nSPS) is 9.27. The number of rotatable bonds is 2. The first kappa shape index (κ1) is 7.79. The molecule has 0 aliphatic rings. The highest BCUT2D eigenvalue weighted by Gasteiger charge is 1.97. The molecule has 0 bridgehead atoms. The summed E-state index contributed by atoms with van der Waals surface area (Å²) in [5.74, 6) is 0.889. The Morgan fingerprint density at radius 2 is 2.27 bits per heavy atom. The van der Waals surface area contributed by atoms with Gasteiger partial charge in [0, 0.05) is 6.20 Å². The molecule has 0 spiro atoms. The first-order valence-corrected chi connectivity index (χ1v) is 3.55. The van der Waals surface area contributed by atoms with Gasteiger partial charge in [0.15, 0.2) is 0 Å². The zero-order valence-corrected chi connectivity index (χ0v) is 6.89. The lowest BCUT2D eigenvalue weighted by molar-refractivity contribution is 1.21. The monoisotopic (exact) mass is 148 g/mol. The molecule has 0 radical (unpaired) electrons. The molecule has 2 nitrogen and oxygen atoms in total. The highest BCUT2D eigenvalue weighted by molar-refractivity contribution is 5.48. The predicted molar refractivity (Wildman–Crippen MR) is 47.5 cm³/mol. The van der Waals surface area contributed by atoms with E-state index in [1.807, 2.05) is 13.0 Å². The molecule has 58 valence electrons. The van der Waals surface area contributed by atoms with Gasteiger partial charge in [0.1, 0.15) is 5.82 Å². The molecule has 1 rings (SSSR count). The van der Waals surface area contributed by atoms with Crippen LogP contribution >= 0.6 is 0 Å². The van der Waals surface area contributed by atoms with E-state index in [2.05, 4.69) is 23.8 Å². The van der Waals surface area contributed by atoms with Crippen molar-refractivity contribution in [1.29, 1.82) is 0 Å². The SMILES string of the molecule is C=CNc1nccc(C)c1C. The van der Waals surface area contributed by atoms with E-state index < -0.39 is 0 Å². The van der Waals surface area contributed by atoms with Gasteiger partial charge >= 0.3 is 0 Å². The van der Waals surface area contributed by atoms with Crippen molar-refractivity contribution < 1.29 is 0 Å². The molecular weight excluding hydrogens is 136 g/mol. The Balaban J connectivity index is 3.05. The molecule has 2 heteroatoms. The van der Waals surface area contributed by atoms with Crippen molar-refractivity contribution in [2.45, 2.75) is 13.8 Å². The third-order valence-corrected chi connectivity index (χ3v) is 1.71. The van der Waals surface area contributed by atoms with Crippen LogP contribution in [0.3, 0.4) is 0 Å². The van der Waals surface area contributed by atoms with Gasteiger partial charge < -0.3 is 5.32 Å². The minimum atomic E-state index is 0.889. The summed E-state index contributed by atoms with van der Waals surface area (Å²) in [6, 6.07) is 1.99. The first-order chi connectivity index (χ1) is 5.25. The lowest BCUT2D eigenvalue weighted by Gasteiger charge is -2.05. The summed E-state index contributed by atoms with van der Waals surface area (Å²) < 4.78 is 0. The van der Waals surface area contributed by atoms with Gasteiger partial charge in [-0.1, -0.05) is 6.58 Å². The van der Waals surface area contributed by atoms with Gasteiger partial charge in [-0.3, -0.25) is 0 Å². The van der Waals surface area contributed by atoms with Crippen molar-refractivity contribution in [3.63, 3.8) is 0 Å².